The van der Waals surface area contributed by atoms with Crippen molar-refractivity contribution in [2.45, 2.75) is 13.0 Å². The number of tetrazole rings is 1. The third kappa shape index (κ3) is 1.62. The summed E-state index contributed by atoms with van der Waals surface area (Å²) in [5, 5.41) is 18.2. The number of hydrogen-bond acceptors (Lipinski definition) is 6. The Morgan fingerprint density at radius 3 is 3.21 bits per heavy atom. The Morgan fingerprint density at radius 2 is 2.43 bits per heavy atom. The van der Waals surface area contributed by atoms with Gasteiger partial charge >= 0.3 is 0 Å². The fourth-order valence-corrected chi connectivity index (χ4v) is 1.04. The SMILES string of the molecule is CC(CN)Nc1ccc2nnnn2n1. The quantitative estimate of drug-likeness (QED) is 0.668. The van der Waals surface area contributed by atoms with Crippen molar-refractivity contribution in [1.29, 1.82) is 0 Å². The molecule has 2 heterocycles. The molecule has 14 heavy (non-hydrogen) atoms. The Hall–Kier alpha value is -1.76. The topological polar surface area (TPSA) is 94.0 Å². The molecule has 2 aromatic heterocycles. The van der Waals surface area contributed by atoms with E-state index in [-0.39, 0.29) is 6.04 Å². The first-order valence-electron chi connectivity index (χ1n) is 4.31. The number of nitrogens with two attached hydrogens (primary N) is 1. The van der Waals surface area contributed by atoms with Gasteiger partial charge < -0.3 is 11.1 Å². The summed E-state index contributed by atoms with van der Waals surface area (Å²) in [6, 6.07) is 3.78. The van der Waals surface area contributed by atoms with Crippen LogP contribution in [0.4, 0.5) is 5.82 Å². The molecule has 0 aliphatic carbocycles. The molecule has 0 bridgehead atoms. The molecule has 3 N–H and O–H groups in total. The minimum absolute atomic E-state index is 0.177. The Balaban J connectivity index is 2.25. The number of hydrogen-bond donors (Lipinski definition) is 2. The lowest BCUT2D eigenvalue weighted by Gasteiger charge is -2.10. The molecule has 1 atom stereocenters. The van der Waals surface area contributed by atoms with Crippen LogP contribution < -0.4 is 11.1 Å². The van der Waals surface area contributed by atoms with Gasteiger partial charge in [-0.15, -0.1) is 14.8 Å². The zero-order valence-corrected chi connectivity index (χ0v) is 7.75. The van der Waals surface area contributed by atoms with Crippen molar-refractivity contribution in [2.24, 2.45) is 5.73 Å². The molecule has 2 aromatic rings. The second-order valence-corrected chi connectivity index (χ2v) is 3.03. The summed E-state index contributed by atoms with van der Waals surface area (Å²) < 4.78 is 1.37. The molecule has 2 rings (SSSR count). The van der Waals surface area contributed by atoms with Crippen LogP contribution in [-0.2, 0) is 0 Å². The maximum Gasteiger partial charge on any atom is 0.200 e. The van der Waals surface area contributed by atoms with Crippen molar-refractivity contribution in [3.63, 3.8) is 0 Å². The lowest BCUT2D eigenvalue weighted by atomic mass is 10.3. The highest BCUT2D eigenvalue weighted by Crippen LogP contribution is 2.04. The molecule has 0 saturated heterocycles. The maximum absolute atomic E-state index is 5.48. The zero-order valence-electron chi connectivity index (χ0n) is 7.75. The van der Waals surface area contributed by atoms with E-state index >= 15 is 0 Å². The maximum atomic E-state index is 5.48. The highest BCUT2D eigenvalue weighted by Gasteiger charge is 2.02. The van der Waals surface area contributed by atoms with Gasteiger partial charge in [0.05, 0.1) is 0 Å². The smallest absolute Gasteiger partial charge is 0.200 e. The molecule has 0 spiro atoms. The van der Waals surface area contributed by atoms with Crippen molar-refractivity contribution in [2.75, 3.05) is 11.9 Å². The fourth-order valence-electron chi connectivity index (χ4n) is 1.04. The highest BCUT2D eigenvalue weighted by atomic mass is 15.6. The molecule has 0 aromatic carbocycles. The van der Waals surface area contributed by atoms with Crippen LogP contribution in [0.1, 0.15) is 6.92 Å². The van der Waals surface area contributed by atoms with E-state index in [9.17, 15) is 0 Å². The van der Waals surface area contributed by atoms with Gasteiger partial charge in [0.1, 0.15) is 5.82 Å². The fraction of sp³-hybridized carbons (Fsp3) is 0.429. The van der Waals surface area contributed by atoms with Gasteiger partial charge in [-0.2, -0.15) is 0 Å². The largest absolute Gasteiger partial charge is 0.365 e. The Kier molecular flexibility index (Phi) is 2.23. The molecule has 7 heteroatoms. The summed E-state index contributed by atoms with van der Waals surface area (Å²) in [6.45, 7) is 2.53. The normalized spacial score (nSPS) is 13.0. The Morgan fingerprint density at radius 1 is 1.57 bits per heavy atom. The van der Waals surface area contributed by atoms with Crippen molar-refractivity contribution < 1.29 is 0 Å². The van der Waals surface area contributed by atoms with Gasteiger partial charge in [-0.05, 0) is 29.5 Å². The van der Waals surface area contributed by atoms with E-state index in [1.807, 2.05) is 13.0 Å². The summed E-state index contributed by atoms with van der Waals surface area (Å²) in [5.41, 5.74) is 6.10. The van der Waals surface area contributed by atoms with Gasteiger partial charge in [0.25, 0.3) is 0 Å². The first kappa shape index (κ1) is 8.82. The van der Waals surface area contributed by atoms with E-state index in [1.54, 1.807) is 6.07 Å². The molecule has 74 valence electrons. The van der Waals surface area contributed by atoms with E-state index in [0.717, 1.165) is 0 Å². The summed E-state index contributed by atoms with van der Waals surface area (Å²) in [4.78, 5) is 0. The van der Waals surface area contributed by atoms with Crippen LogP contribution in [0.2, 0.25) is 0 Å². The van der Waals surface area contributed by atoms with E-state index in [2.05, 4.69) is 25.9 Å². The number of nitrogens with one attached hydrogen (secondary N) is 1. The van der Waals surface area contributed by atoms with Crippen molar-refractivity contribution >= 4 is 11.5 Å². The molecule has 0 radical (unpaired) electrons. The first-order chi connectivity index (χ1) is 6.79. The minimum Gasteiger partial charge on any atom is -0.365 e. The number of anilines is 1. The van der Waals surface area contributed by atoms with Crippen LogP contribution in [0.5, 0.6) is 0 Å². The van der Waals surface area contributed by atoms with Crippen LogP contribution >= 0.6 is 0 Å². The molecule has 0 saturated carbocycles. The molecule has 0 amide bonds. The van der Waals surface area contributed by atoms with Gasteiger partial charge in [0.2, 0.25) is 0 Å². The van der Waals surface area contributed by atoms with Crippen LogP contribution in [0.3, 0.4) is 0 Å². The number of aromatic nitrogens is 5. The molecule has 1 unspecified atom stereocenters. The van der Waals surface area contributed by atoms with E-state index in [0.29, 0.717) is 18.0 Å². The van der Waals surface area contributed by atoms with E-state index in [1.165, 1.54) is 4.63 Å². The van der Waals surface area contributed by atoms with Crippen molar-refractivity contribution in [1.82, 2.24) is 25.3 Å². The summed E-state index contributed by atoms with van der Waals surface area (Å²) >= 11 is 0. The van der Waals surface area contributed by atoms with Crippen LogP contribution in [0.15, 0.2) is 12.1 Å². The Bertz CT molecular complexity index is 423. The van der Waals surface area contributed by atoms with Crippen molar-refractivity contribution in [3.8, 4) is 0 Å². The second-order valence-electron chi connectivity index (χ2n) is 3.03. The molecule has 0 fully saturated rings. The first-order valence-corrected chi connectivity index (χ1v) is 4.31. The predicted octanol–water partition coefficient (Wildman–Crippen LogP) is -0.722. The number of nitrogens with zero attached hydrogens (tertiary/aromatic N) is 5. The average Bonchev–Trinajstić information content (AvgIpc) is 2.64. The van der Waals surface area contributed by atoms with Gasteiger partial charge in [0, 0.05) is 12.6 Å². The zero-order chi connectivity index (χ0) is 9.97. The minimum atomic E-state index is 0.177. The summed E-state index contributed by atoms with van der Waals surface area (Å²) in [5.74, 6) is 0.711. The lowest BCUT2D eigenvalue weighted by molar-refractivity contribution is 0.722. The van der Waals surface area contributed by atoms with Crippen LogP contribution in [0, 0.1) is 0 Å². The average molecular weight is 193 g/mol. The molecule has 0 aliphatic rings. The standard InChI is InChI=1S/C7H11N7/c1-5(4-8)9-6-2-3-7-10-12-13-14(7)11-6/h2-3,5H,4,8H2,1H3,(H,9,11). The summed E-state index contributed by atoms with van der Waals surface area (Å²) in [7, 11) is 0. The molecule has 0 aliphatic heterocycles. The third-order valence-electron chi connectivity index (χ3n) is 1.82. The number of rotatable bonds is 3. The summed E-state index contributed by atoms with van der Waals surface area (Å²) in [6.07, 6.45) is 0. The van der Waals surface area contributed by atoms with Gasteiger partial charge in [-0.25, -0.2) is 0 Å². The molecular formula is C7H11N7. The second kappa shape index (κ2) is 3.54. The highest BCUT2D eigenvalue weighted by molar-refractivity contribution is 5.42. The van der Waals surface area contributed by atoms with Crippen LogP contribution in [-0.4, -0.2) is 37.8 Å². The molecular weight excluding hydrogens is 182 g/mol. The molecule has 7 nitrogen and oxygen atoms in total. The van der Waals surface area contributed by atoms with Crippen molar-refractivity contribution in [3.05, 3.63) is 12.1 Å². The Labute approximate surface area is 80.3 Å². The third-order valence-corrected chi connectivity index (χ3v) is 1.82. The van der Waals surface area contributed by atoms with E-state index < -0.39 is 0 Å². The van der Waals surface area contributed by atoms with Gasteiger partial charge in [0.15, 0.2) is 5.65 Å². The predicted molar refractivity (Wildman–Crippen MR) is 50.7 cm³/mol. The number of fused-ring (bicyclic) bond motifs is 1. The van der Waals surface area contributed by atoms with Gasteiger partial charge in [-0.3, -0.25) is 0 Å². The lowest BCUT2D eigenvalue weighted by Crippen LogP contribution is -2.25. The van der Waals surface area contributed by atoms with Gasteiger partial charge in [-0.1, -0.05) is 0 Å². The van der Waals surface area contributed by atoms with Crippen LogP contribution in [0.25, 0.3) is 5.65 Å². The van der Waals surface area contributed by atoms with E-state index in [4.69, 9.17) is 5.73 Å². The monoisotopic (exact) mass is 193 g/mol.